The average molecular weight is 340 g/mol. The lowest BCUT2D eigenvalue weighted by Crippen LogP contribution is -1.91. The van der Waals surface area contributed by atoms with Crippen LogP contribution in [-0.4, -0.2) is 14.5 Å². The molecule has 0 fully saturated rings. The minimum absolute atomic E-state index is 0.538. The lowest BCUT2D eigenvalue weighted by Gasteiger charge is -1.98. The molecule has 0 saturated heterocycles. The van der Waals surface area contributed by atoms with Crippen LogP contribution in [0.15, 0.2) is 36.4 Å². The van der Waals surface area contributed by atoms with Gasteiger partial charge in [-0.05, 0) is 56.2 Å². The number of allylic oxidation sites excluding steroid dienone is 1. The van der Waals surface area contributed by atoms with E-state index in [1.54, 1.807) is 0 Å². The number of nitrogens with one attached hydrogen (secondary N) is 1. The van der Waals surface area contributed by atoms with Gasteiger partial charge in [-0.1, -0.05) is 18.2 Å². The molecule has 0 saturated carbocycles. The van der Waals surface area contributed by atoms with Crippen molar-refractivity contribution in [2.45, 2.75) is 20.8 Å². The van der Waals surface area contributed by atoms with E-state index >= 15 is 0 Å². The molecule has 0 aliphatic heterocycles. The fraction of sp³-hybridized carbons (Fsp3) is 0.182. The smallest absolute Gasteiger partial charge is 0.149 e. The first kappa shape index (κ1) is 16.2. The number of para-hydroxylation sites is 1. The summed E-state index contributed by atoms with van der Waals surface area (Å²) in [6.45, 7) is 6.23. The van der Waals surface area contributed by atoms with Crippen molar-refractivity contribution in [3.8, 4) is 6.07 Å². The number of H-pyrrole nitrogens is 1. The molecule has 0 unspecified atom stereocenters. The van der Waals surface area contributed by atoms with E-state index in [1.807, 2.05) is 25.3 Å². The molecule has 4 aromatic rings. The normalized spacial score (nSPS) is 12.0. The van der Waals surface area contributed by atoms with Crippen molar-refractivity contribution in [3.05, 3.63) is 64.6 Å². The molecule has 0 atom stereocenters. The highest BCUT2D eigenvalue weighted by molar-refractivity contribution is 5.99. The summed E-state index contributed by atoms with van der Waals surface area (Å²) in [5, 5.41) is 10.9. The molecule has 0 spiro atoms. The Morgan fingerprint density at radius 3 is 2.65 bits per heavy atom. The summed E-state index contributed by atoms with van der Waals surface area (Å²) in [7, 11) is 2.05. The van der Waals surface area contributed by atoms with E-state index in [9.17, 15) is 5.26 Å². The van der Waals surface area contributed by atoms with Crippen LogP contribution >= 0.6 is 0 Å². The molecule has 0 amide bonds. The molecule has 0 aliphatic rings. The number of hydrogen-bond acceptors (Lipinski definition) is 2. The van der Waals surface area contributed by atoms with Crippen LogP contribution in [0.4, 0.5) is 0 Å². The summed E-state index contributed by atoms with van der Waals surface area (Å²) < 4.78 is 2.15. The Balaban J connectivity index is 1.91. The van der Waals surface area contributed by atoms with E-state index < -0.39 is 0 Å². The Labute approximate surface area is 152 Å². The first-order valence-electron chi connectivity index (χ1n) is 8.62. The van der Waals surface area contributed by atoms with Crippen molar-refractivity contribution in [2.24, 2.45) is 7.05 Å². The van der Waals surface area contributed by atoms with Crippen LogP contribution in [0.1, 0.15) is 28.2 Å². The van der Waals surface area contributed by atoms with Crippen LogP contribution in [0, 0.1) is 32.1 Å². The Hall–Kier alpha value is -3.32. The van der Waals surface area contributed by atoms with E-state index in [2.05, 4.69) is 65.6 Å². The second kappa shape index (κ2) is 5.89. The average Bonchev–Trinajstić information content (AvgIpc) is 3.14. The third-order valence-corrected chi connectivity index (χ3v) is 5.21. The molecule has 0 radical (unpaired) electrons. The fourth-order valence-electron chi connectivity index (χ4n) is 3.43. The Morgan fingerprint density at radius 2 is 1.88 bits per heavy atom. The standard InChI is InChI=1S/C22H20N4/c1-13-9-19-20(10-14(13)2)25-22(24-19)16(12-23)11-18-15(3)26(4)21-8-6-5-7-17(18)21/h5-11H,1-4H3,(H,24,25)/b16-11+. The number of imidazole rings is 1. The van der Waals surface area contributed by atoms with E-state index in [1.165, 1.54) is 11.1 Å². The highest BCUT2D eigenvalue weighted by Crippen LogP contribution is 2.29. The van der Waals surface area contributed by atoms with Gasteiger partial charge in [-0.2, -0.15) is 5.26 Å². The minimum atomic E-state index is 0.538. The van der Waals surface area contributed by atoms with Crippen molar-refractivity contribution in [3.63, 3.8) is 0 Å². The molecule has 26 heavy (non-hydrogen) atoms. The lowest BCUT2D eigenvalue weighted by molar-refractivity contribution is 0.916. The molecule has 1 N–H and O–H groups in total. The predicted molar refractivity (Wildman–Crippen MR) is 107 cm³/mol. The summed E-state index contributed by atoms with van der Waals surface area (Å²) in [5.41, 5.74) is 8.13. The van der Waals surface area contributed by atoms with Crippen LogP contribution in [0.2, 0.25) is 0 Å². The molecule has 4 nitrogen and oxygen atoms in total. The maximum absolute atomic E-state index is 9.76. The summed E-state index contributed by atoms with van der Waals surface area (Å²) >= 11 is 0. The van der Waals surface area contributed by atoms with Gasteiger partial charge in [0.05, 0.1) is 16.6 Å². The third kappa shape index (κ3) is 2.41. The van der Waals surface area contributed by atoms with Gasteiger partial charge in [0, 0.05) is 29.2 Å². The largest absolute Gasteiger partial charge is 0.347 e. The van der Waals surface area contributed by atoms with Gasteiger partial charge in [-0.15, -0.1) is 0 Å². The minimum Gasteiger partial charge on any atom is -0.347 e. The van der Waals surface area contributed by atoms with Gasteiger partial charge in [-0.3, -0.25) is 0 Å². The zero-order chi connectivity index (χ0) is 18.4. The first-order chi connectivity index (χ1) is 12.5. The number of hydrogen-bond donors (Lipinski definition) is 1. The molecule has 0 aliphatic carbocycles. The number of rotatable bonds is 2. The third-order valence-electron chi connectivity index (χ3n) is 5.21. The summed E-state index contributed by atoms with van der Waals surface area (Å²) in [4.78, 5) is 7.95. The summed E-state index contributed by atoms with van der Waals surface area (Å²) in [6, 6.07) is 14.7. The summed E-state index contributed by atoms with van der Waals surface area (Å²) in [6.07, 6.45) is 1.94. The SMILES string of the molecule is Cc1cc2nc(/C(C#N)=C/c3c(C)n(C)c4ccccc34)[nH]c2cc1C. The topological polar surface area (TPSA) is 57.4 Å². The van der Waals surface area contributed by atoms with Gasteiger partial charge in [0.15, 0.2) is 0 Å². The Kier molecular flexibility index (Phi) is 3.66. The zero-order valence-corrected chi connectivity index (χ0v) is 15.4. The number of nitriles is 1. The molecular weight excluding hydrogens is 320 g/mol. The maximum atomic E-state index is 9.76. The fourth-order valence-corrected chi connectivity index (χ4v) is 3.43. The number of aryl methyl sites for hydroxylation is 3. The molecule has 128 valence electrons. The predicted octanol–water partition coefficient (Wildman–Crippen LogP) is 5.04. The summed E-state index contributed by atoms with van der Waals surface area (Å²) in [5.74, 6) is 0.611. The van der Waals surface area contributed by atoms with E-state index in [-0.39, 0.29) is 0 Å². The molecule has 2 aromatic carbocycles. The zero-order valence-electron chi connectivity index (χ0n) is 15.4. The number of fused-ring (bicyclic) bond motifs is 2. The second-order valence-corrected chi connectivity index (χ2v) is 6.78. The van der Waals surface area contributed by atoms with E-state index in [0.717, 1.165) is 33.2 Å². The highest BCUT2D eigenvalue weighted by Gasteiger charge is 2.14. The quantitative estimate of drug-likeness (QED) is 0.519. The van der Waals surface area contributed by atoms with Crippen LogP contribution in [0.3, 0.4) is 0 Å². The van der Waals surface area contributed by atoms with Gasteiger partial charge >= 0.3 is 0 Å². The molecule has 2 heterocycles. The molecule has 4 rings (SSSR count). The molecular formula is C22H20N4. The van der Waals surface area contributed by atoms with Gasteiger partial charge in [0.2, 0.25) is 0 Å². The van der Waals surface area contributed by atoms with E-state index in [4.69, 9.17) is 0 Å². The van der Waals surface area contributed by atoms with Crippen LogP contribution in [0.25, 0.3) is 33.6 Å². The van der Waals surface area contributed by atoms with Gasteiger partial charge in [0.25, 0.3) is 0 Å². The highest BCUT2D eigenvalue weighted by atomic mass is 14.9. The Morgan fingerprint density at radius 1 is 1.15 bits per heavy atom. The van der Waals surface area contributed by atoms with Crippen molar-refractivity contribution in [2.75, 3.05) is 0 Å². The first-order valence-corrected chi connectivity index (χ1v) is 8.62. The Bertz CT molecular complexity index is 1190. The van der Waals surface area contributed by atoms with Crippen LogP contribution in [-0.2, 0) is 7.05 Å². The maximum Gasteiger partial charge on any atom is 0.149 e. The van der Waals surface area contributed by atoms with E-state index in [0.29, 0.717) is 11.4 Å². The molecule has 0 bridgehead atoms. The van der Waals surface area contributed by atoms with Gasteiger partial charge < -0.3 is 9.55 Å². The van der Waals surface area contributed by atoms with Crippen molar-refractivity contribution < 1.29 is 0 Å². The lowest BCUT2D eigenvalue weighted by atomic mass is 10.1. The van der Waals surface area contributed by atoms with Crippen molar-refractivity contribution in [1.29, 1.82) is 5.26 Å². The molecule has 2 aromatic heterocycles. The molecule has 4 heteroatoms. The van der Waals surface area contributed by atoms with Gasteiger partial charge in [-0.25, -0.2) is 4.98 Å². The number of aromatic nitrogens is 3. The van der Waals surface area contributed by atoms with Crippen LogP contribution in [0.5, 0.6) is 0 Å². The monoisotopic (exact) mass is 340 g/mol. The second-order valence-electron chi connectivity index (χ2n) is 6.78. The van der Waals surface area contributed by atoms with Crippen LogP contribution < -0.4 is 0 Å². The number of benzene rings is 2. The number of nitrogens with zero attached hydrogens (tertiary/aromatic N) is 3. The van der Waals surface area contributed by atoms with Crippen molar-refractivity contribution in [1.82, 2.24) is 14.5 Å². The van der Waals surface area contributed by atoms with Crippen molar-refractivity contribution >= 4 is 33.6 Å². The number of aromatic amines is 1. The van der Waals surface area contributed by atoms with Gasteiger partial charge in [0.1, 0.15) is 11.9 Å².